The number of rotatable bonds is 10. The van der Waals surface area contributed by atoms with Crippen LogP contribution in [0.4, 0.5) is 10.5 Å². The molecule has 2 amide bonds. The molecule has 1 aliphatic heterocycles. The molecule has 1 fully saturated rings. The second-order valence-corrected chi connectivity index (χ2v) is 9.80. The molecule has 5 rings (SSSR count). The van der Waals surface area contributed by atoms with Gasteiger partial charge in [-0.15, -0.1) is 0 Å². The number of hydrogen-bond donors (Lipinski definition) is 5. The van der Waals surface area contributed by atoms with E-state index < -0.39 is 24.0 Å². The molecule has 0 aliphatic carbocycles. The number of H-pyrrole nitrogens is 1. The quantitative estimate of drug-likeness (QED) is 0.202. The minimum Gasteiger partial charge on any atom is -0.465 e. The Bertz CT molecular complexity index is 1330. The summed E-state index contributed by atoms with van der Waals surface area (Å²) in [5.41, 5.74) is 3.29. The lowest BCUT2D eigenvalue weighted by molar-refractivity contribution is -0.118. The minimum atomic E-state index is -1.26. The summed E-state index contributed by atoms with van der Waals surface area (Å²) in [6.45, 7) is 1.22. The lowest BCUT2D eigenvalue weighted by Gasteiger charge is -2.30. The fourth-order valence-electron chi connectivity index (χ4n) is 5.17. The van der Waals surface area contributed by atoms with Crippen molar-refractivity contribution in [2.45, 2.75) is 36.9 Å². The zero-order valence-corrected chi connectivity index (χ0v) is 22.0. The first-order valence-electron chi connectivity index (χ1n) is 13.4. The van der Waals surface area contributed by atoms with Crippen molar-refractivity contribution in [2.75, 3.05) is 18.5 Å². The van der Waals surface area contributed by atoms with Crippen molar-refractivity contribution in [3.63, 3.8) is 0 Å². The van der Waals surface area contributed by atoms with Gasteiger partial charge in [-0.2, -0.15) is 0 Å². The number of aryl methyl sites for hydroxylation is 1. The topological polar surface area (TPSA) is 128 Å². The van der Waals surface area contributed by atoms with Gasteiger partial charge in [0.25, 0.3) is 0 Å². The van der Waals surface area contributed by atoms with Crippen LogP contribution in [0, 0.1) is 0 Å². The number of nitrogens with zero attached hydrogens (tertiary/aromatic N) is 1. The molecular weight excluding hydrogens is 506 g/mol. The van der Waals surface area contributed by atoms with Crippen LogP contribution in [0.1, 0.15) is 40.9 Å². The maximum atomic E-state index is 13.8. The molecule has 206 valence electrons. The van der Waals surface area contributed by atoms with Crippen LogP contribution in [-0.4, -0.2) is 52.4 Å². The van der Waals surface area contributed by atoms with E-state index in [1.165, 1.54) is 0 Å². The smallest absolute Gasteiger partial charge is 0.405 e. The summed E-state index contributed by atoms with van der Waals surface area (Å²) in [7, 11) is 0. The summed E-state index contributed by atoms with van der Waals surface area (Å²) in [6, 6.07) is 25.5. The highest BCUT2D eigenvalue weighted by Gasteiger charge is 2.33. The molecule has 4 aromatic rings. The molecule has 0 spiro atoms. The standard InChI is InChI=1S/C31H33N5O4/c37-30(28(36-31(38)39)27(22-10-3-1-4-11-22)23-12-5-2-6-13-23)35-25-14-8-7-9-21(25)15-16-24-19-34-26(20-40-24)29-32-17-18-33-29/h1-14,17-18,24,26-28,34,36H,15-16,19-20H2,(H,32,33)(H,35,37)(H,38,39)/t24-,26+,28+/m1/s1. The second-order valence-electron chi connectivity index (χ2n) is 9.80. The lowest BCUT2D eigenvalue weighted by atomic mass is 9.84. The van der Waals surface area contributed by atoms with E-state index in [-0.39, 0.29) is 12.1 Å². The van der Waals surface area contributed by atoms with Gasteiger partial charge in [0.05, 0.1) is 18.8 Å². The Hall–Kier alpha value is -4.47. The number of aromatic nitrogens is 2. The SMILES string of the molecule is O=C(O)N[C@H](C(=O)Nc1ccccc1CC[C@@H]1CN[C@H](c2ncc[nH]2)CO1)C(c1ccccc1)c1ccccc1. The molecule has 0 bridgehead atoms. The fourth-order valence-corrected chi connectivity index (χ4v) is 5.17. The van der Waals surface area contributed by atoms with Crippen molar-refractivity contribution >= 4 is 17.7 Å². The van der Waals surface area contributed by atoms with E-state index in [4.69, 9.17) is 4.74 Å². The molecule has 3 atom stereocenters. The van der Waals surface area contributed by atoms with Crippen LogP contribution in [0.5, 0.6) is 0 Å². The number of ether oxygens (including phenoxy) is 1. The Kier molecular flexibility index (Phi) is 8.85. The Labute approximate surface area is 233 Å². The van der Waals surface area contributed by atoms with E-state index >= 15 is 0 Å². The number of aromatic amines is 1. The van der Waals surface area contributed by atoms with E-state index in [0.29, 0.717) is 25.3 Å². The van der Waals surface area contributed by atoms with Gasteiger partial charge in [0.1, 0.15) is 11.9 Å². The molecule has 1 saturated heterocycles. The van der Waals surface area contributed by atoms with Gasteiger partial charge in [-0.05, 0) is 35.6 Å². The van der Waals surface area contributed by atoms with E-state index in [2.05, 4.69) is 25.9 Å². The van der Waals surface area contributed by atoms with Gasteiger partial charge in [0, 0.05) is 30.5 Å². The van der Waals surface area contributed by atoms with E-state index in [1.54, 1.807) is 12.4 Å². The molecule has 0 unspecified atom stereocenters. The zero-order valence-electron chi connectivity index (χ0n) is 22.0. The summed E-state index contributed by atoms with van der Waals surface area (Å²) in [4.78, 5) is 33.0. The van der Waals surface area contributed by atoms with Gasteiger partial charge in [-0.3, -0.25) is 4.79 Å². The molecule has 9 nitrogen and oxygen atoms in total. The third-order valence-corrected chi connectivity index (χ3v) is 7.16. The minimum absolute atomic E-state index is 0.0249. The number of para-hydroxylation sites is 1. The van der Waals surface area contributed by atoms with Gasteiger partial charge in [0.2, 0.25) is 5.91 Å². The van der Waals surface area contributed by atoms with Gasteiger partial charge in [0.15, 0.2) is 0 Å². The Morgan fingerprint density at radius 2 is 1.65 bits per heavy atom. The van der Waals surface area contributed by atoms with Gasteiger partial charge in [-0.25, -0.2) is 9.78 Å². The maximum absolute atomic E-state index is 13.8. The zero-order chi connectivity index (χ0) is 27.7. The molecule has 2 heterocycles. The number of benzene rings is 3. The number of nitrogens with one attached hydrogen (secondary N) is 4. The van der Waals surface area contributed by atoms with Gasteiger partial charge >= 0.3 is 6.09 Å². The molecule has 40 heavy (non-hydrogen) atoms. The van der Waals surface area contributed by atoms with Crippen molar-refractivity contribution in [1.82, 2.24) is 20.6 Å². The molecule has 9 heteroatoms. The Morgan fingerprint density at radius 3 is 2.25 bits per heavy atom. The highest BCUT2D eigenvalue weighted by Crippen LogP contribution is 2.30. The van der Waals surface area contributed by atoms with Crippen molar-refractivity contribution in [1.29, 1.82) is 0 Å². The molecule has 5 N–H and O–H groups in total. The molecule has 1 aliphatic rings. The molecule has 0 saturated carbocycles. The largest absolute Gasteiger partial charge is 0.465 e. The Morgan fingerprint density at radius 1 is 0.975 bits per heavy atom. The summed E-state index contributed by atoms with van der Waals surface area (Å²) >= 11 is 0. The second kappa shape index (κ2) is 13.1. The summed E-state index contributed by atoms with van der Waals surface area (Å²) < 4.78 is 6.08. The van der Waals surface area contributed by atoms with Crippen LogP contribution in [0.3, 0.4) is 0 Å². The highest BCUT2D eigenvalue weighted by atomic mass is 16.5. The van der Waals surface area contributed by atoms with Crippen LogP contribution in [-0.2, 0) is 16.0 Å². The van der Waals surface area contributed by atoms with Crippen LogP contribution in [0.2, 0.25) is 0 Å². The van der Waals surface area contributed by atoms with Crippen molar-refractivity contribution in [3.05, 3.63) is 120 Å². The first-order chi connectivity index (χ1) is 19.6. The number of carbonyl (C=O) groups is 2. The van der Waals surface area contributed by atoms with Crippen molar-refractivity contribution in [2.24, 2.45) is 0 Å². The van der Waals surface area contributed by atoms with Gasteiger partial charge in [-0.1, -0.05) is 78.9 Å². The van der Waals surface area contributed by atoms with E-state index in [9.17, 15) is 14.7 Å². The summed E-state index contributed by atoms with van der Waals surface area (Å²) in [6.07, 6.45) is 3.74. The lowest BCUT2D eigenvalue weighted by Crippen LogP contribution is -2.47. The van der Waals surface area contributed by atoms with Crippen LogP contribution in [0.15, 0.2) is 97.3 Å². The normalized spacial score (nSPS) is 17.7. The third-order valence-electron chi connectivity index (χ3n) is 7.16. The fraction of sp³-hybridized carbons (Fsp3) is 0.258. The Balaban J connectivity index is 1.30. The summed E-state index contributed by atoms with van der Waals surface area (Å²) in [5, 5.41) is 18.7. The number of amides is 2. The first-order valence-corrected chi connectivity index (χ1v) is 13.4. The average Bonchev–Trinajstić information content (AvgIpc) is 3.53. The number of carbonyl (C=O) groups excluding carboxylic acids is 1. The van der Waals surface area contributed by atoms with Crippen molar-refractivity contribution < 1.29 is 19.4 Å². The number of imidazole rings is 1. The number of morpholine rings is 1. The summed E-state index contributed by atoms with van der Waals surface area (Å²) in [5.74, 6) is -0.0840. The molecule has 3 aromatic carbocycles. The predicted molar refractivity (Wildman–Crippen MR) is 152 cm³/mol. The van der Waals surface area contributed by atoms with E-state index in [1.807, 2.05) is 84.9 Å². The van der Waals surface area contributed by atoms with Gasteiger partial charge < -0.3 is 30.8 Å². The monoisotopic (exact) mass is 539 g/mol. The molecule has 1 aromatic heterocycles. The highest BCUT2D eigenvalue weighted by molar-refractivity contribution is 5.98. The molecular formula is C31H33N5O4. The third kappa shape index (κ3) is 6.74. The van der Waals surface area contributed by atoms with Crippen LogP contribution >= 0.6 is 0 Å². The maximum Gasteiger partial charge on any atom is 0.405 e. The number of hydrogen-bond acceptors (Lipinski definition) is 5. The number of carboxylic acid groups (broad SMARTS) is 1. The molecule has 0 radical (unpaired) electrons. The average molecular weight is 540 g/mol. The first kappa shape index (κ1) is 27.1. The van der Waals surface area contributed by atoms with Crippen molar-refractivity contribution in [3.8, 4) is 0 Å². The van der Waals surface area contributed by atoms with E-state index in [0.717, 1.165) is 28.9 Å². The number of anilines is 1. The predicted octanol–water partition coefficient (Wildman–Crippen LogP) is 4.48. The van der Waals surface area contributed by atoms with Crippen LogP contribution in [0.25, 0.3) is 0 Å². The van der Waals surface area contributed by atoms with Crippen LogP contribution < -0.4 is 16.0 Å².